The van der Waals surface area contributed by atoms with Gasteiger partial charge >= 0.3 is 0 Å². The van der Waals surface area contributed by atoms with Crippen molar-refractivity contribution in [2.45, 2.75) is 24.1 Å². The van der Waals surface area contributed by atoms with Crippen LogP contribution >= 0.6 is 11.8 Å². The lowest BCUT2D eigenvalue weighted by atomic mass is 10.1. The highest BCUT2D eigenvalue weighted by atomic mass is 32.2. The van der Waals surface area contributed by atoms with Crippen molar-refractivity contribution < 1.29 is 9.90 Å². The zero-order valence-electron chi connectivity index (χ0n) is 11.5. The number of nitrogens with one attached hydrogen (secondary N) is 2. The van der Waals surface area contributed by atoms with Gasteiger partial charge in [0, 0.05) is 5.25 Å². The summed E-state index contributed by atoms with van der Waals surface area (Å²) < 4.78 is 0. The second-order valence-electron chi connectivity index (χ2n) is 4.97. The van der Waals surface area contributed by atoms with Crippen LogP contribution in [0.4, 0.5) is 0 Å². The number of rotatable bonds is 6. The molecule has 4 nitrogen and oxygen atoms in total. The van der Waals surface area contributed by atoms with E-state index in [4.69, 9.17) is 0 Å². The maximum Gasteiger partial charge on any atom is 0.230 e. The number of aliphatic hydroxyl groups excluding tert-OH is 1. The fourth-order valence-corrected chi connectivity index (χ4v) is 3.35. The quantitative estimate of drug-likeness (QED) is 0.740. The first-order chi connectivity index (χ1) is 9.79. The molecule has 1 aromatic carbocycles. The molecule has 1 aromatic rings. The third kappa shape index (κ3) is 4.81. The van der Waals surface area contributed by atoms with Gasteiger partial charge in [0.15, 0.2) is 0 Å². The maximum atomic E-state index is 12.0. The Labute approximate surface area is 124 Å². The van der Waals surface area contributed by atoms with Gasteiger partial charge in [0.05, 0.1) is 18.4 Å². The average molecular weight is 294 g/mol. The lowest BCUT2D eigenvalue weighted by Crippen LogP contribution is -2.34. The Morgan fingerprint density at radius 3 is 2.70 bits per heavy atom. The van der Waals surface area contributed by atoms with Gasteiger partial charge in [0.2, 0.25) is 5.91 Å². The number of amides is 1. The smallest absolute Gasteiger partial charge is 0.230 e. The second kappa shape index (κ2) is 8.29. The highest BCUT2D eigenvalue weighted by Crippen LogP contribution is 2.20. The molecule has 0 bridgehead atoms. The van der Waals surface area contributed by atoms with E-state index in [1.54, 1.807) is 11.8 Å². The number of carbonyl (C=O) groups excluding carboxylic acids is 1. The molecular formula is C15H22N2O2S. The molecular weight excluding hydrogens is 272 g/mol. The van der Waals surface area contributed by atoms with Crippen LogP contribution in [0.5, 0.6) is 0 Å². The van der Waals surface area contributed by atoms with Crippen LogP contribution in [0.3, 0.4) is 0 Å². The Kier molecular flexibility index (Phi) is 6.36. The summed E-state index contributed by atoms with van der Waals surface area (Å²) in [7, 11) is 0. The molecule has 1 saturated heterocycles. The Balaban J connectivity index is 1.77. The highest BCUT2D eigenvalue weighted by Gasteiger charge is 2.17. The van der Waals surface area contributed by atoms with E-state index in [-0.39, 0.29) is 18.6 Å². The highest BCUT2D eigenvalue weighted by molar-refractivity contribution is 8.00. The Morgan fingerprint density at radius 2 is 2.05 bits per heavy atom. The largest absolute Gasteiger partial charge is 0.394 e. The van der Waals surface area contributed by atoms with Gasteiger partial charge in [-0.1, -0.05) is 30.3 Å². The molecule has 1 aliphatic heterocycles. The number of benzene rings is 1. The van der Waals surface area contributed by atoms with Crippen LogP contribution in [0, 0.1) is 0 Å². The van der Waals surface area contributed by atoms with Gasteiger partial charge in [0.1, 0.15) is 0 Å². The molecule has 0 aliphatic carbocycles. The van der Waals surface area contributed by atoms with Crippen LogP contribution in [0.2, 0.25) is 0 Å². The third-order valence-electron chi connectivity index (χ3n) is 3.46. The zero-order valence-corrected chi connectivity index (χ0v) is 12.4. The topological polar surface area (TPSA) is 61.4 Å². The van der Waals surface area contributed by atoms with Crippen molar-refractivity contribution in [3.05, 3.63) is 35.9 Å². The van der Waals surface area contributed by atoms with Crippen molar-refractivity contribution >= 4 is 17.7 Å². The van der Waals surface area contributed by atoms with E-state index >= 15 is 0 Å². The minimum atomic E-state index is -0.308. The van der Waals surface area contributed by atoms with Crippen molar-refractivity contribution in [2.24, 2.45) is 0 Å². The van der Waals surface area contributed by atoms with E-state index in [9.17, 15) is 9.90 Å². The molecule has 0 saturated carbocycles. The molecule has 20 heavy (non-hydrogen) atoms. The molecule has 1 aliphatic rings. The number of thioether (sulfide) groups is 1. The van der Waals surface area contributed by atoms with Crippen LogP contribution in [-0.2, 0) is 4.79 Å². The van der Waals surface area contributed by atoms with Crippen LogP contribution < -0.4 is 10.6 Å². The number of hydrogen-bond acceptors (Lipinski definition) is 4. The van der Waals surface area contributed by atoms with Crippen LogP contribution in [0.25, 0.3) is 0 Å². The predicted molar refractivity (Wildman–Crippen MR) is 82.8 cm³/mol. The standard InChI is InChI=1S/C15H22N2O2S/c18-10-14(12-4-2-1-3-5-12)17-15(19)11-20-13-6-8-16-9-7-13/h1-5,13-14,16,18H,6-11H2,(H,17,19). The summed E-state index contributed by atoms with van der Waals surface area (Å²) in [5.41, 5.74) is 0.940. The Morgan fingerprint density at radius 1 is 1.35 bits per heavy atom. The summed E-state index contributed by atoms with van der Waals surface area (Å²) >= 11 is 1.72. The lowest BCUT2D eigenvalue weighted by Gasteiger charge is -2.22. The summed E-state index contributed by atoms with van der Waals surface area (Å²) in [5.74, 6) is 0.463. The number of piperidine rings is 1. The molecule has 5 heteroatoms. The molecule has 0 radical (unpaired) electrons. The fourth-order valence-electron chi connectivity index (χ4n) is 2.31. The average Bonchev–Trinajstić information content (AvgIpc) is 2.52. The van der Waals surface area contributed by atoms with Crippen LogP contribution in [0.1, 0.15) is 24.4 Å². The summed E-state index contributed by atoms with van der Waals surface area (Å²) in [5, 5.41) is 16.2. The van der Waals surface area contributed by atoms with Crippen LogP contribution in [0.15, 0.2) is 30.3 Å². The number of aliphatic hydroxyl groups is 1. The lowest BCUT2D eigenvalue weighted by molar-refractivity contribution is -0.119. The van der Waals surface area contributed by atoms with E-state index in [0.717, 1.165) is 31.5 Å². The van der Waals surface area contributed by atoms with Gasteiger partial charge in [-0.3, -0.25) is 4.79 Å². The fraction of sp³-hybridized carbons (Fsp3) is 0.533. The zero-order chi connectivity index (χ0) is 14.2. The summed E-state index contributed by atoms with van der Waals surface area (Å²) in [6.07, 6.45) is 2.25. The Hall–Kier alpha value is -1.04. The summed E-state index contributed by atoms with van der Waals surface area (Å²) in [6, 6.07) is 9.27. The van der Waals surface area contributed by atoms with E-state index < -0.39 is 0 Å². The molecule has 0 aromatic heterocycles. The molecule has 2 rings (SSSR count). The summed E-state index contributed by atoms with van der Waals surface area (Å²) in [4.78, 5) is 12.0. The van der Waals surface area contributed by atoms with Crippen LogP contribution in [-0.4, -0.2) is 41.7 Å². The van der Waals surface area contributed by atoms with Crippen molar-refractivity contribution in [1.29, 1.82) is 0 Å². The molecule has 1 heterocycles. The van der Waals surface area contributed by atoms with E-state index in [1.807, 2.05) is 30.3 Å². The van der Waals surface area contributed by atoms with Gasteiger partial charge < -0.3 is 15.7 Å². The van der Waals surface area contributed by atoms with Crippen molar-refractivity contribution in [3.8, 4) is 0 Å². The van der Waals surface area contributed by atoms with E-state index in [2.05, 4.69) is 10.6 Å². The van der Waals surface area contributed by atoms with Gasteiger partial charge in [-0.05, 0) is 31.5 Å². The summed E-state index contributed by atoms with van der Waals surface area (Å²) in [6.45, 7) is 2.01. The Bertz CT molecular complexity index is 408. The molecule has 1 atom stereocenters. The first kappa shape index (κ1) is 15.4. The number of carbonyl (C=O) groups is 1. The maximum absolute atomic E-state index is 12.0. The van der Waals surface area contributed by atoms with E-state index in [0.29, 0.717) is 11.0 Å². The molecule has 0 spiro atoms. The van der Waals surface area contributed by atoms with Crippen molar-refractivity contribution in [2.75, 3.05) is 25.4 Å². The van der Waals surface area contributed by atoms with Gasteiger partial charge in [-0.15, -0.1) is 11.8 Å². The molecule has 1 unspecified atom stereocenters. The minimum absolute atomic E-state index is 0.00330. The van der Waals surface area contributed by atoms with Gasteiger partial charge in [0.25, 0.3) is 0 Å². The normalized spacial score (nSPS) is 17.6. The monoisotopic (exact) mass is 294 g/mol. The van der Waals surface area contributed by atoms with Gasteiger partial charge in [-0.25, -0.2) is 0 Å². The molecule has 3 N–H and O–H groups in total. The second-order valence-corrected chi connectivity index (χ2v) is 6.26. The molecule has 110 valence electrons. The van der Waals surface area contributed by atoms with E-state index in [1.165, 1.54) is 0 Å². The van der Waals surface area contributed by atoms with Gasteiger partial charge in [-0.2, -0.15) is 0 Å². The van der Waals surface area contributed by atoms with Crippen molar-refractivity contribution in [3.63, 3.8) is 0 Å². The molecule has 1 amide bonds. The first-order valence-corrected chi connectivity index (χ1v) is 8.12. The first-order valence-electron chi connectivity index (χ1n) is 7.07. The SMILES string of the molecule is O=C(CSC1CCNCC1)NC(CO)c1ccccc1. The predicted octanol–water partition coefficient (Wildman–Crippen LogP) is 1.32. The number of hydrogen-bond donors (Lipinski definition) is 3. The minimum Gasteiger partial charge on any atom is -0.394 e. The molecule has 1 fully saturated rings. The van der Waals surface area contributed by atoms with Crippen molar-refractivity contribution in [1.82, 2.24) is 10.6 Å². The third-order valence-corrected chi connectivity index (χ3v) is 4.83.